The number of thiophene rings is 1. The molecule has 1 aliphatic heterocycles. The van der Waals surface area contributed by atoms with Gasteiger partial charge in [0, 0.05) is 30.8 Å². The first kappa shape index (κ1) is 41.1. The van der Waals surface area contributed by atoms with Gasteiger partial charge in [-0.2, -0.15) is 10.2 Å². The van der Waals surface area contributed by atoms with Gasteiger partial charge in [-0.1, -0.05) is 85.8 Å². The summed E-state index contributed by atoms with van der Waals surface area (Å²) in [4.78, 5) is 59.6. The molecule has 1 fully saturated rings. The number of carbonyl (C=O) groups is 1. The zero-order valence-corrected chi connectivity index (χ0v) is 35.3. The quantitative estimate of drug-likeness (QED) is 0.143. The van der Waals surface area contributed by atoms with E-state index in [-0.39, 0.29) is 24.5 Å². The average Bonchev–Trinajstić information content (AvgIpc) is 3.87. The minimum absolute atomic E-state index is 0.150. The number of aryl methyl sites for hydroxylation is 1. The van der Waals surface area contributed by atoms with Gasteiger partial charge in [0.15, 0.2) is 5.78 Å². The number of nitrogens with zero attached hydrogens (tertiary/aromatic N) is 5. The zero-order chi connectivity index (χ0) is 41.4. The van der Waals surface area contributed by atoms with E-state index in [9.17, 15) is 18.8 Å². The topological polar surface area (TPSA) is 140 Å². The minimum atomic E-state index is -3.66. The maximum absolute atomic E-state index is 15.2. The van der Waals surface area contributed by atoms with Gasteiger partial charge in [0.2, 0.25) is 0 Å². The fourth-order valence-corrected chi connectivity index (χ4v) is 12.9. The summed E-state index contributed by atoms with van der Waals surface area (Å²) in [5, 5.41) is 9.80. The second kappa shape index (κ2) is 16.3. The monoisotopic (exact) mass is 825 g/mol. The van der Waals surface area contributed by atoms with Gasteiger partial charge in [-0.05, 0) is 67.2 Å². The van der Waals surface area contributed by atoms with E-state index in [2.05, 4.69) is 10.2 Å². The van der Waals surface area contributed by atoms with E-state index in [1.807, 2.05) is 74.5 Å². The lowest BCUT2D eigenvalue weighted by atomic mass is 9.91. The summed E-state index contributed by atoms with van der Waals surface area (Å²) in [5.41, 5.74) is -2.19. The summed E-state index contributed by atoms with van der Waals surface area (Å²) in [6.45, 7) is 9.45. The van der Waals surface area contributed by atoms with Crippen LogP contribution in [0.3, 0.4) is 0 Å². The van der Waals surface area contributed by atoms with Crippen LogP contribution in [0.4, 0.5) is 4.39 Å². The Morgan fingerprint density at radius 3 is 2.17 bits per heavy atom. The molecule has 0 bridgehead atoms. The molecule has 3 aromatic carbocycles. The predicted molar refractivity (Wildman–Crippen MR) is 224 cm³/mol. The Labute approximate surface area is 340 Å². The van der Waals surface area contributed by atoms with Crippen molar-refractivity contribution in [2.75, 3.05) is 20.3 Å². The molecule has 0 saturated carbocycles. The van der Waals surface area contributed by atoms with Crippen LogP contribution < -0.4 is 26.4 Å². The Bertz CT molecular complexity index is 2490. The average molecular weight is 826 g/mol. The first-order valence-corrected chi connectivity index (χ1v) is 22.0. The Hall–Kier alpha value is -5.06. The molecule has 304 valence electrons. The number of benzene rings is 3. The molecule has 15 heteroatoms. The van der Waals surface area contributed by atoms with E-state index in [0.717, 1.165) is 26.3 Å². The highest BCUT2D eigenvalue weighted by atomic mass is 32.1. The zero-order valence-electron chi connectivity index (χ0n) is 33.5. The third kappa shape index (κ3) is 7.41. The van der Waals surface area contributed by atoms with Gasteiger partial charge in [0.1, 0.15) is 33.0 Å². The number of aromatic nitrogens is 5. The molecule has 1 saturated heterocycles. The third-order valence-electron chi connectivity index (χ3n) is 11.4. The van der Waals surface area contributed by atoms with Crippen LogP contribution in [0.1, 0.15) is 64.2 Å². The van der Waals surface area contributed by atoms with Crippen LogP contribution in [0.15, 0.2) is 101 Å². The molecule has 58 heavy (non-hydrogen) atoms. The molecular formula is C43H48FN5O7SSi. The SMILES string of the molecule is COc1ccc(F)cc1[C@H](Cn1c(=O)n(C(C)(C)C(=O)CC(C)(C)[Si](O)(c2ccccc2)c2ccccc2)c(=O)c2c(C)c(-n3nccn3)sc21)OC1CCOCC1. The lowest BCUT2D eigenvalue weighted by Gasteiger charge is -2.42. The van der Waals surface area contributed by atoms with Gasteiger partial charge in [-0.25, -0.2) is 13.8 Å². The number of hydrogen-bond acceptors (Lipinski definition) is 10. The number of halogens is 1. The van der Waals surface area contributed by atoms with Gasteiger partial charge < -0.3 is 19.0 Å². The van der Waals surface area contributed by atoms with E-state index in [1.165, 1.54) is 47.1 Å². The lowest BCUT2D eigenvalue weighted by Crippen LogP contribution is -2.66. The summed E-state index contributed by atoms with van der Waals surface area (Å²) in [6.07, 6.45) is 2.87. The van der Waals surface area contributed by atoms with Crippen molar-refractivity contribution in [3.63, 3.8) is 0 Å². The summed E-state index contributed by atoms with van der Waals surface area (Å²) >= 11 is 1.16. The molecule has 1 aliphatic rings. The van der Waals surface area contributed by atoms with Gasteiger partial charge in [-0.15, -0.1) is 4.80 Å². The Kier molecular flexibility index (Phi) is 11.5. The minimum Gasteiger partial charge on any atom is -0.496 e. The van der Waals surface area contributed by atoms with Crippen molar-refractivity contribution >= 4 is 46.0 Å². The number of hydrogen-bond donors (Lipinski definition) is 1. The van der Waals surface area contributed by atoms with Gasteiger partial charge in [0.05, 0.1) is 37.5 Å². The highest BCUT2D eigenvalue weighted by Gasteiger charge is 2.52. The van der Waals surface area contributed by atoms with E-state index in [4.69, 9.17) is 14.2 Å². The first-order chi connectivity index (χ1) is 27.7. The highest BCUT2D eigenvalue weighted by Crippen LogP contribution is 2.41. The molecule has 12 nitrogen and oxygen atoms in total. The highest BCUT2D eigenvalue weighted by molar-refractivity contribution is 7.21. The summed E-state index contributed by atoms with van der Waals surface area (Å²) in [7, 11) is -2.18. The molecule has 0 amide bonds. The Balaban J connectivity index is 1.39. The third-order valence-corrected chi connectivity index (χ3v) is 17.2. The normalized spacial score (nSPS) is 14.8. The predicted octanol–water partition coefficient (Wildman–Crippen LogP) is 5.43. The smallest absolute Gasteiger partial charge is 0.333 e. The van der Waals surface area contributed by atoms with Crippen LogP contribution >= 0.6 is 11.3 Å². The Morgan fingerprint density at radius 2 is 1.59 bits per heavy atom. The maximum atomic E-state index is 15.2. The number of methoxy groups -OCH3 is 1. The summed E-state index contributed by atoms with van der Waals surface area (Å²) in [6, 6.07) is 22.9. The summed E-state index contributed by atoms with van der Waals surface area (Å²) in [5.74, 6) is -0.558. The van der Waals surface area contributed by atoms with Crippen molar-refractivity contribution in [1.82, 2.24) is 24.1 Å². The van der Waals surface area contributed by atoms with Crippen molar-refractivity contribution in [2.24, 2.45) is 0 Å². The first-order valence-electron chi connectivity index (χ1n) is 19.3. The van der Waals surface area contributed by atoms with E-state index in [0.29, 0.717) is 52.8 Å². The van der Waals surface area contributed by atoms with E-state index < -0.39 is 47.8 Å². The number of carbonyl (C=O) groups excluding carboxylic acids is 1. The molecule has 0 spiro atoms. The van der Waals surface area contributed by atoms with Crippen LogP contribution in [0, 0.1) is 12.7 Å². The second-order valence-corrected chi connectivity index (χ2v) is 20.8. The largest absolute Gasteiger partial charge is 0.496 e. The van der Waals surface area contributed by atoms with Gasteiger partial charge >= 0.3 is 5.69 Å². The van der Waals surface area contributed by atoms with Crippen LogP contribution in [0.5, 0.6) is 5.75 Å². The molecule has 1 N–H and O–H groups in total. The molecule has 0 aliphatic carbocycles. The van der Waals surface area contributed by atoms with Crippen LogP contribution in [-0.4, -0.2) is 69.5 Å². The number of Topliss-reactive ketones (excluding diaryl/α,β-unsaturated/α-hetero) is 1. The molecule has 3 aromatic heterocycles. The molecule has 0 unspecified atom stereocenters. The second-order valence-electron chi connectivity index (χ2n) is 15.9. The van der Waals surface area contributed by atoms with Gasteiger partial charge in [0.25, 0.3) is 13.9 Å². The number of fused-ring (bicyclic) bond motifs is 1. The van der Waals surface area contributed by atoms with Crippen molar-refractivity contribution < 1.29 is 28.2 Å². The van der Waals surface area contributed by atoms with Crippen molar-refractivity contribution in [3.8, 4) is 10.8 Å². The number of ether oxygens (including phenoxy) is 3. The molecule has 7 rings (SSSR count). The Morgan fingerprint density at radius 1 is 0.983 bits per heavy atom. The molecule has 1 atom stereocenters. The van der Waals surface area contributed by atoms with Crippen molar-refractivity contribution in [2.45, 2.75) is 83.2 Å². The maximum Gasteiger partial charge on any atom is 0.333 e. The molecular weight excluding hydrogens is 778 g/mol. The fraction of sp³-hybridized carbons (Fsp3) is 0.372. The van der Waals surface area contributed by atoms with Crippen LogP contribution in [0.2, 0.25) is 5.04 Å². The number of ketones is 1. The van der Waals surface area contributed by atoms with Crippen LogP contribution in [0.25, 0.3) is 15.2 Å². The van der Waals surface area contributed by atoms with E-state index >= 15 is 4.79 Å². The van der Waals surface area contributed by atoms with Crippen molar-refractivity contribution in [1.29, 1.82) is 0 Å². The molecule has 4 heterocycles. The number of rotatable bonds is 14. The molecule has 0 radical (unpaired) electrons. The molecule has 6 aromatic rings. The van der Waals surface area contributed by atoms with Crippen molar-refractivity contribution in [3.05, 3.63) is 129 Å². The van der Waals surface area contributed by atoms with Crippen LogP contribution in [-0.2, 0) is 26.4 Å². The standard InChI is InChI=1S/C43H48FN5O7SSi/c1-28-37-38(51)48(43(4,5)36(50)26-42(2,3)58(53,31-13-9-7-10-14-31)32-15-11-8-12-16-32)41(52)47(40(37)57-39(28)49-45-21-22-46-49)27-35(56-30-19-23-55-24-20-30)33-25-29(44)17-18-34(33)54-6/h7-18,21-22,25,30,35,53H,19-20,23-24,26-27H2,1-6H3/t35-/m0/s1. The van der Waals surface area contributed by atoms with E-state index in [1.54, 1.807) is 20.8 Å². The van der Waals surface area contributed by atoms with Gasteiger partial charge in [-0.3, -0.25) is 14.2 Å². The summed E-state index contributed by atoms with van der Waals surface area (Å²) < 4.78 is 35.4. The fourth-order valence-electron chi connectivity index (χ4n) is 8.06. The lowest BCUT2D eigenvalue weighted by molar-refractivity contribution is -0.127.